The molecule has 1 unspecified atom stereocenters. The van der Waals surface area contributed by atoms with Gasteiger partial charge in [0.15, 0.2) is 0 Å². The maximum Gasteiger partial charge on any atom is 0.330 e. The second-order valence-electron chi connectivity index (χ2n) is 3.48. The second-order valence-corrected chi connectivity index (χ2v) is 4.51. The van der Waals surface area contributed by atoms with E-state index in [-0.39, 0.29) is 24.9 Å². The Morgan fingerprint density at radius 1 is 1.28 bits per heavy atom. The van der Waals surface area contributed by atoms with E-state index in [1.54, 1.807) is 0 Å². The van der Waals surface area contributed by atoms with Gasteiger partial charge in [0, 0.05) is 12.3 Å². The number of nitrogens with two attached hydrogens (primary N) is 2. The fourth-order valence-electron chi connectivity index (χ4n) is 1.26. The SMILES string of the molecule is NC(=O)CC(CO)c1ccccc1.NS(=O)(=O)O. The molecule has 8 heteroatoms. The molecule has 1 atom stereocenters. The molecule has 0 saturated carbocycles. The quantitative estimate of drug-likeness (QED) is 0.542. The second kappa shape index (κ2) is 7.77. The summed E-state index contributed by atoms with van der Waals surface area (Å²) in [6, 6.07) is 9.40. The summed E-state index contributed by atoms with van der Waals surface area (Å²) in [6.45, 7) is -0.0487. The number of aliphatic hydroxyl groups excluding tert-OH is 1. The molecule has 0 spiro atoms. The highest BCUT2D eigenvalue weighted by Crippen LogP contribution is 2.17. The number of rotatable bonds is 4. The van der Waals surface area contributed by atoms with Crippen LogP contribution in [0.1, 0.15) is 17.9 Å². The molecule has 18 heavy (non-hydrogen) atoms. The van der Waals surface area contributed by atoms with Gasteiger partial charge in [-0.3, -0.25) is 9.35 Å². The summed E-state index contributed by atoms with van der Waals surface area (Å²) in [5.74, 6) is -0.554. The summed E-state index contributed by atoms with van der Waals surface area (Å²) in [5.41, 5.74) is 6.00. The molecule has 102 valence electrons. The summed E-state index contributed by atoms with van der Waals surface area (Å²) in [4.78, 5) is 10.7. The van der Waals surface area contributed by atoms with Crippen molar-refractivity contribution in [2.75, 3.05) is 6.61 Å². The molecule has 0 saturated heterocycles. The summed E-state index contributed by atoms with van der Waals surface area (Å²) < 4.78 is 25.2. The smallest absolute Gasteiger partial charge is 0.330 e. The molecule has 1 aromatic rings. The minimum Gasteiger partial charge on any atom is -0.396 e. The van der Waals surface area contributed by atoms with Crippen LogP contribution in [0.2, 0.25) is 0 Å². The number of hydrogen-bond acceptors (Lipinski definition) is 4. The van der Waals surface area contributed by atoms with Crippen LogP contribution in [0.4, 0.5) is 0 Å². The molecule has 0 radical (unpaired) electrons. The summed E-state index contributed by atoms with van der Waals surface area (Å²) in [6.07, 6.45) is 0.195. The first-order valence-corrected chi connectivity index (χ1v) is 6.43. The normalized spacial score (nSPS) is 12.2. The highest BCUT2D eigenvalue weighted by Gasteiger charge is 2.12. The molecular formula is C10H16N2O5S. The monoisotopic (exact) mass is 276 g/mol. The molecule has 1 amide bonds. The lowest BCUT2D eigenvalue weighted by molar-refractivity contribution is -0.118. The van der Waals surface area contributed by atoms with Gasteiger partial charge in [-0.1, -0.05) is 30.3 Å². The molecule has 1 aromatic carbocycles. The molecule has 7 nitrogen and oxygen atoms in total. The van der Waals surface area contributed by atoms with Gasteiger partial charge in [0.05, 0.1) is 6.61 Å². The molecule has 0 aliphatic heterocycles. The summed E-state index contributed by atoms with van der Waals surface area (Å²) >= 11 is 0. The van der Waals surface area contributed by atoms with Crippen molar-refractivity contribution in [2.45, 2.75) is 12.3 Å². The lowest BCUT2D eigenvalue weighted by atomic mass is 9.96. The Morgan fingerprint density at radius 2 is 1.72 bits per heavy atom. The predicted octanol–water partition coefficient (Wildman–Crippen LogP) is -0.614. The number of carbonyl (C=O) groups excluding carboxylic acids is 1. The number of benzene rings is 1. The lowest BCUT2D eigenvalue weighted by Crippen LogP contribution is -2.17. The average molecular weight is 276 g/mol. The fraction of sp³-hybridized carbons (Fsp3) is 0.300. The number of amides is 1. The van der Waals surface area contributed by atoms with Gasteiger partial charge in [0.1, 0.15) is 0 Å². The predicted molar refractivity (Wildman–Crippen MR) is 65.8 cm³/mol. The van der Waals surface area contributed by atoms with Crippen molar-refractivity contribution in [3.8, 4) is 0 Å². The minimum absolute atomic E-state index is 0.0487. The van der Waals surface area contributed by atoms with E-state index in [0.717, 1.165) is 5.56 Å². The zero-order valence-electron chi connectivity index (χ0n) is 9.56. The van der Waals surface area contributed by atoms with Gasteiger partial charge in [0.25, 0.3) is 0 Å². The number of hydrogen-bond donors (Lipinski definition) is 4. The largest absolute Gasteiger partial charge is 0.396 e. The molecule has 0 aromatic heterocycles. The first-order chi connectivity index (χ1) is 8.24. The van der Waals surface area contributed by atoms with Crippen molar-refractivity contribution in [1.82, 2.24) is 0 Å². The number of aliphatic hydroxyl groups is 1. The van der Waals surface area contributed by atoms with Crippen LogP contribution >= 0.6 is 0 Å². The Bertz CT molecular complexity index is 452. The average Bonchev–Trinajstić information content (AvgIpc) is 2.24. The van der Waals surface area contributed by atoms with Crippen LogP contribution in [0.5, 0.6) is 0 Å². The van der Waals surface area contributed by atoms with Crippen molar-refractivity contribution in [1.29, 1.82) is 0 Å². The van der Waals surface area contributed by atoms with Crippen molar-refractivity contribution in [2.24, 2.45) is 10.9 Å². The topological polar surface area (TPSA) is 144 Å². The zero-order chi connectivity index (χ0) is 14.2. The van der Waals surface area contributed by atoms with Gasteiger partial charge in [-0.15, -0.1) is 0 Å². The molecule has 0 aliphatic carbocycles. The van der Waals surface area contributed by atoms with Crippen LogP contribution in [-0.4, -0.2) is 30.6 Å². The third kappa shape index (κ3) is 9.73. The molecule has 0 fully saturated rings. The first-order valence-electron chi connectivity index (χ1n) is 4.93. The number of carbonyl (C=O) groups is 1. The lowest BCUT2D eigenvalue weighted by Gasteiger charge is -2.11. The van der Waals surface area contributed by atoms with Crippen LogP contribution in [0.3, 0.4) is 0 Å². The third-order valence-electron chi connectivity index (χ3n) is 1.94. The molecule has 1 rings (SSSR count). The Labute approximate surface area is 105 Å². The van der Waals surface area contributed by atoms with Gasteiger partial charge in [-0.2, -0.15) is 8.42 Å². The minimum atomic E-state index is -4.17. The fourth-order valence-corrected chi connectivity index (χ4v) is 1.26. The van der Waals surface area contributed by atoms with Crippen molar-refractivity contribution >= 4 is 16.2 Å². The maximum absolute atomic E-state index is 10.7. The summed E-state index contributed by atoms with van der Waals surface area (Å²) in [5, 5.41) is 12.9. The van der Waals surface area contributed by atoms with Gasteiger partial charge in [0.2, 0.25) is 5.91 Å². The van der Waals surface area contributed by atoms with E-state index in [9.17, 15) is 4.79 Å². The molecular weight excluding hydrogens is 260 g/mol. The molecule has 0 heterocycles. The van der Waals surface area contributed by atoms with Gasteiger partial charge in [-0.25, -0.2) is 5.14 Å². The maximum atomic E-state index is 10.7. The van der Waals surface area contributed by atoms with E-state index < -0.39 is 10.3 Å². The Kier molecular flexibility index (Phi) is 7.13. The Balaban J connectivity index is 0.000000494. The Hall–Kier alpha value is -1.48. The van der Waals surface area contributed by atoms with E-state index in [4.69, 9.17) is 23.8 Å². The van der Waals surface area contributed by atoms with Crippen molar-refractivity contribution in [3.05, 3.63) is 35.9 Å². The van der Waals surface area contributed by atoms with Crippen LogP contribution in [0.15, 0.2) is 30.3 Å². The molecule has 6 N–H and O–H groups in total. The van der Waals surface area contributed by atoms with E-state index >= 15 is 0 Å². The van der Waals surface area contributed by atoms with Crippen molar-refractivity contribution in [3.63, 3.8) is 0 Å². The van der Waals surface area contributed by atoms with Gasteiger partial charge >= 0.3 is 10.3 Å². The third-order valence-corrected chi connectivity index (χ3v) is 1.94. The van der Waals surface area contributed by atoms with E-state index in [0.29, 0.717) is 0 Å². The molecule has 0 aliphatic rings. The van der Waals surface area contributed by atoms with Crippen LogP contribution in [0.25, 0.3) is 0 Å². The van der Waals surface area contributed by atoms with E-state index in [2.05, 4.69) is 5.14 Å². The Morgan fingerprint density at radius 3 is 2.06 bits per heavy atom. The van der Waals surface area contributed by atoms with Crippen LogP contribution in [-0.2, 0) is 15.1 Å². The van der Waals surface area contributed by atoms with E-state index in [1.165, 1.54) is 0 Å². The van der Waals surface area contributed by atoms with Gasteiger partial charge < -0.3 is 10.8 Å². The highest BCUT2D eigenvalue weighted by molar-refractivity contribution is 7.83. The van der Waals surface area contributed by atoms with Crippen molar-refractivity contribution < 1.29 is 22.9 Å². The number of primary amides is 1. The summed E-state index contributed by atoms with van der Waals surface area (Å²) in [7, 11) is -4.17. The first kappa shape index (κ1) is 16.5. The van der Waals surface area contributed by atoms with E-state index in [1.807, 2.05) is 30.3 Å². The highest BCUT2D eigenvalue weighted by atomic mass is 32.2. The standard InChI is InChI=1S/C10H13NO2.H3NO3S/c11-10(13)6-9(7-12)8-4-2-1-3-5-8;1-5(2,3)4/h1-5,9,12H,6-7H2,(H2,11,13);(H3,1,2,3,4). The zero-order valence-corrected chi connectivity index (χ0v) is 10.4. The molecule has 0 bridgehead atoms. The van der Waals surface area contributed by atoms with Crippen LogP contribution in [0, 0.1) is 0 Å². The van der Waals surface area contributed by atoms with Crippen LogP contribution < -0.4 is 10.9 Å². The van der Waals surface area contributed by atoms with Gasteiger partial charge in [-0.05, 0) is 5.56 Å².